The number of hydrogen-bond donors (Lipinski definition) is 1. The average molecular weight is 264 g/mol. The molecule has 2 N–H and O–H groups in total. The maximum absolute atomic E-state index is 11.9. The number of anilines is 1. The topological polar surface area (TPSA) is 60.9 Å². The first-order valence-electron chi connectivity index (χ1n) is 5.56. The first-order chi connectivity index (χ1) is 8.47. The zero-order valence-corrected chi connectivity index (χ0v) is 11.0. The number of benzene rings is 1. The number of aryl methyl sites for hydroxylation is 2. The van der Waals surface area contributed by atoms with Gasteiger partial charge in [-0.05, 0) is 37.6 Å². The van der Waals surface area contributed by atoms with Crippen LogP contribution in [-0.4, -0.2) is 9.55 Å². The van der Waals surface area contributed by atoms with Crippen molar-refractivity contribution in [2.45, 2.75) is 20.4 Å². The fraction of sp³-hybridized carbons (Fsp3) is 0.231. The van der Waals surface area contributed by atoms with Gasteiger partial charge in [0.25, 0.3) is 5.56 Å². The third kappa shape index (κ3) is 2.54. The van der Waals surface area contributed by atoms with Crippen LogP contribution in [-0.2, 0) is 6.54 Å². The van der Waals surface area contributed by atoms with Gasteiger partial charge in [0, 0.05) is 22.5 Å². The number of nitrogen functional groups attached to an aromatic ring is 1. The maximum Gasteiger partial charge on any atom is 0.254 e. The average Bonchev–Trinajstić information content (AvgIpc) is 2.28. The Morgan fingerprint density at radius 3 is 2.72 bits per heavy atom. The van der Waals surface area contributed by atoms with Crippen molar-refractivity contribution in [3.8, 4) is 0 Å². The highest BCUT2D eigenvalue weighted by molar-refractivity contribution is 6.31. The van der Waals surface area contributed by atoms with Gasteiger partial charge in [-0.3, -0.25) is 9.36 Å². The van der Waals surface area contributed by atoms with Crippen LogP contribution >= 0.6 is 11.6 Å². The summed E-state index contributed by atoms with van der Waals surface area (Å²) in [6.07, 6.45) is 0. The van der Waals surface area contributed by atoms with Gasteiger partial charge in [-0.15, -0.1) is 0 Å². The molecule has 0 bridgehead atoms. The molecular weight excluding hydrogens is 250 g/mol. The summed E-state index contributed by atoms with van der Waals surface area (Å²) in [6, 6.07) is 6.74. The van der Waals surface area contributed by atoms with Gasteiger partial charge in [0.05, 0.1) is 6.54 Å². The Hall–Kier alpha value is -1.81. The molecule has 0 aliphatic carbocycles. The molecule has 18 heavy (non-hydrogen) atoms. The van der Waals surface area contributed by atoms with Crippen LogP contribution in [0.5, 0.6) is 0 Å². The number of hydrogen-bond acceptors (Lipinski definition) is 3. The predicted molar refractivity (Wildman–Crippen MR) is 72.9 cm³/mol. The molecule has 0 atom stereocenters. The van der Waals surface area contributed by atoms with Gasteiger partial charge in [-0.2, -0.15) is 0 Å². The third-order valence-corrected chi connectivity index (χ3v) is 3.09. The standard InChI is InChI=1S/C13H14ClN3O/c1-8-5-13(18)17(9(2)16-8)7-10-6-11(15)3-4-12(10)14/h3-6H,7,15H2,1-2H3. The van der Waals surface area contributed by atoms with E-state index in [1.54, 1.807) is 36.6 Å². The Balaban J connectivity index is 2.46. The minimum Gasteiger partial charge on any atom is -0.399 e. The second kappa shape index (κ2) is 4.82. The second-order valence-electron chi connectivity index (χ2n) is 4.22. The highest BCUT2D eigenvalue weighted by Crippen LogP contribution is 2.19. The first-order valence-corrected chi connectivity index (χ1v) is 5.94. The molecule has 0 saturated carbocycles. The third-order valence-electron chi connectivity index (χ3n) is 2.73. The molecule has 0 aliphatic heterocycles. The SMILES string of the molecule is Cc1cc(=O)n(Cc2cc(N)ccc2Cl)c(C)n1. The Kier molecular flexibility index (Phi) is 3.39. The summed E-state index contributed by atoms with van der Waals surface area (Å²) >= 11 is 6.09. The van der Waals surface area contributed by atoms with Crippen LogP contribution < -0.4 is 11.3 Å². The van der Waals surface area contributed by atoms with Crippen LogP contribution in [0.2, 0.25) is 5.02 Å². The molecule has 0 unspecified atom stereocenters. The van der Waals surface area contributed by atoms with Gasteiger partial charge >= 0.3 is 0 Å². The van der Waals surface area contributed by atoms with Crippen molar-refractivity contribution >= 4 is 17.3 Å². The van der Waals surface area contributed by atoms with Gasteiger partial charge in [0.1, 0.15) is 5.82 Å². The predicted octanol–water partition coefficient (Wildman–Crippen LogP) is 2.14. The summed E-state index contributed by atoms with van der Waals surface area (Å²) in [5.41, 5.74) is 7.79. The molecule has 1 aromatic carbocycles. The van der Waals surface area contributed by atoms with E-state index in [1.165, 1.54) is 6.07 Å². The van der Waals surface area contributed by atoms with Gasteiger partial charge < -0.3 is 5.73 Å². The van der Waals surface area contributed by atoms with E-state index in [0.717, 1.165) is 5.56 Å². The monoisotopic (exact) mass is 263 g/mol. The smallest absolute Gasteiger partial charge is 0.254 e. The lowest BCUT2D eigenvalue weighted by Crippen LogP contribution is -2.24. The van der Waals surface area contributed by atoms with E-state index in [-0.39, 0.29) is 5.56 Å². The van der Waals surface area contributed by atoms with E-state index < -0.39 is 0 Å². The van der Waals surface area contributed by atoms with E-state index in [4.69, 9.17) is 17.3 Å². The minimum atomic E-state index is -0.0847. The molecule has 2 aromatic rings. The van der Waals surface area contributed by atoms with E-state index in [2.05, 4.69) is 4.98 Å². The van der Waals surface area contributed by atoms with Gasteiger partial charge in [-0.25, -0.2) is 4.98 Å². The number of nitrogens with zero attached hydrogens (tertiary/aromatic N) is 2. The van der Waals surface area contributed by atoms with Crippen molar-refractivity contribution < 1.29 is 0 Å². The molecule has 1 aromatic heterocycles. The Labute approximate surface area is 110 Å². The quantitative estimate of drug-likeness (QED) is 0.845. The van der Waals surface area contributed by atoms with Crippen molar-refractivity contribution in [3.63, 3.8) is 0 Å². The summed E-state index contributed by atoms with van der Waals surface area (Å²) in [4.78, 5) is 16.2. The Morgan fingerprint density at radius 1 is 1.33 bits per heavy atom. The highest BCUT2D eigenvalue weighted by atomic mass is 35.5. The Bertz CT molecular complexity index is 649. The summed E-state index contributed by atoms with van der Waals surface area (Å²) in [5, 5.41) is 0.594. The van der Waals surface area contributed by atoms with Crippen LogP contribution in [0.1, 0.15) is 17.1 Å². The van der Waals surface area contributed by atoms with Crippen LogP contribution in [0.3, 0.4) is 0 Å². The lowest BCUT2D eigenvalue weighted by atomic mass is 10.2. The summed E-state index contributed by atoms with van der Waals surface area (Å²) < 4.78 is 1.58. The molecule has 4 nitrogen and oxygen atoms in total. The summed E-state index contributed by atoms with van der Waals surface area (Å²) in [5.74, 6) is 0.665. The molecule has 0 aliphatic rings. The Morgan fingerprint density at radius 2 is 2.06 bits per heavy atom. The number of nitrogens with two attached hydrogens (primary N) is 1. The molecule has 1 heterocycles. The number of rotatable bonds is 2. The lowest BCUT2D eigenvalue weighted by Gasteiger charge is -2.11. The molecule has 0 fully saturated rings. The minimum absolute atomic E-state index is 0.0847. The van der Waals surface area contributed by atoms with Crippen molar-refractivity contribution in [1.29, 1.82) is 0 Å². The second-order valence-corrected chi connectivity index (χ2v) is 4.63. The lowest BCUT2D eigenvalue weighted by molar-refractivity contribution is 0.694. The van der Waals surface area contributed by atoms with E-state index in [9.17, 15) is 4.79 Å². The van der Waals surface area contributed by atoms with Crippen molar-refractivity contribution in [1.82, 2.24) is 9.55 Å². The van der Waals surface area contributed by atoms with Crippen LogP contribution in [0.4, 0.5) is 5.69 Å². The fourth-order valence-electron chi connectivity index (χ4n) is 1.84. The molecular formula is C13H14ClN3O. The van der Waals surface area contributed by atoms with Gasteiger partial charge in [0.2, 0.25) is 0 Å². The summed E-state index contributed by atoms with van der Waals surface area (Å²) in [7, 11) is 0. The molecule has 94 valence electrons. The molecule has 5 heteroatoms. The maximum atomic E-state index is 11.9. The zero-order valence-electron chi connectivity index (χ0n) is 10.3. The van der Waals surface area contributed by atoms with Crippen LogP contribution in [0, 0.1) is 13.8 Å². The van der Waals surface area contributed by atoms with Gasteiger partial charge in [-0.1, -0.05) is 11.6 Å². The van der Waals surface area contributed by atoms with Gasteiger partial charge in [0.15, 0.2) is 0 Å². The largest absolute Gasteiger partial charge is 0.399 e. The molecule has 0 amide bonds. The van der Waals surface area contributed by atoms with Crippen molar-refractivity contribution in [2.24, 2.45) is 0 Å². The van der Waals surface area contributed by atoms with Crippen LogP contribution in [0.15, 0.2) is 29.1 Å². The fourth-order valence-corrected chi connectivity index (χ4v) is 2.02. The molecule has 0 spiro atoms. The molecule has 2 rings (SSSR count). The first kappa shape index (κ1) is 12.6. The number of halogens is 1. The molecule has 0 saturated heterocycles. The van der Waals surface area contributed by atoms with E-state index >= 15 is 0 Å². The molecule has 0 radical (unpaired) electrons. The van der Waals surface area contributed by atoms with E-state index in [0.29, 0.717) is 28.8 Å². The van der Waals surface area contributed by atoms with E-state index in [1.807, 2.05) is 0 Å². The normalized spacial score (nSPS) is 10.6. The zero-order chi connectivity index (χ0) is 13.3. The van der Waals surface area contributed by atoms with Crippen LogP contribution in [0.25, 0.3) is 0 Å². The van der Waals surface area contributed by atoms with Crippen molar-refractivity contribution in [2.75, 3.05) is 5.73 Å². The highest BCUT2D eigenvalue weighted by Gasteiger charge is 2.07. The summed E-state index contributed by atoms with van der Waals surface area (Å²) in [6.45, 7) is 3.97. The van der Waals surface area contributed by atoms with Crippen molar-refractivity contribution in [3.05, 3.63) is 56.7 Å². The number of aromatic nitrogens is 2.